The molecule has 2 heterocycles. The summed E-state index contributed by atoms with van der Waals surface area (Å²) in [7, 11) is 1.30. The van der Waals surface area contributed by atoms with Gasteiger partial charge in [-0.2, -0.15) is 0 Å². The van der Waals surface area contributed by atoms with Crippen molar-refractivity contribution in [3.05, 3.63) is 22.3 Å². The van der Waals surface area contributed by atoms with Crippen LogP contribution in [0.15, 0.2) is 16.6 Å². The van der Waals surface area contributed by atoms with Crippen molar-refractivity contribution < 1.29 is 23.8 Å². The highest BCUT2D eigenvalue weighted by atomic mass is 79.9. The standard InChI is InChI=1S/C17H24BrN3O5/c1-17(2,3)26-16(23)21-8-7-19-11(9-21)10-25-14-12(18)5-6-13(20-14)15(22)24-4/h5-6,11,19H,7-10H2,1-4H3/t11-/m0/s1. The minimum absolute atomic E-state index is 0.0771. The van der Waals surface area contributed by atoms with E-state index in [2.05, 4.69) is 31.0 Å². The van der Waals surface area contributed by atoms with Gasteiger partial charge < -0.3 is 24.4 Å². The van der Waals surface area contributed by atoms with Gasteiger partial charge in [0.2, 0.25) is 5.88 Å². The van der Waals surface area contributed by atoms with E-state index in [1.165, 1.54) is 7.11 Å². The van der Waals surface area contributed by atoms with Crippen molar-refractivity contribution in [1.82, 2.24) is 15.2 Å². The fraction of sp³-hybridized carbons (Fsp3) is 0.588. The summed E-state index contributed by atoms with van der Waals surface area (Å²) in [6.45, 7) is 7.48. The van der Waals surface area contributed by atoms with Gasteiger partial charge in [-0.1, -0.05) is 0 Å². The molecule has 1 aromatic heterocycles. The first kappa shape index (κ1) is 20.4. The minimum atomic E-state index is -0.533. The molecule has 144 valence electrons. The predicted molar refractivity (Wildman–Crippen MR) is 98.4 cm³/mol. The molecule has 1 aliphatic rings. The lowest BCUT2D eigenvalue weighted by atomic mass is 10.2. The zero-order chi connectivity index (χ0) is 19.3. The molecule has 26 heavy (non-hydrogen) atoms. The number of methoxy groups -OCH3 is 1. The largest absolute Gasteiger partial charge is 0.475 e. The molecular weight excluding hydrogens is 406 g/mol. The highest BCUT2D eigenvalue weighted by Gasteiger charge is 2.28. The Balaban J connectivity index is 1.95. The molecule has 1 amide bonds. The molecule has 0 bridgehead atoms. The number of pyridine rings is 1. The number of piperazine rings is 1. The molecule has 0 aliphatic carbocycles. The van der Waals surface area contributed by atoms with Crippen LogP contribution >= 0.6 is 15.9 Å². The van der Waals surface area contributed by atoms with Crippen molar-refractivity contribution in [2.45, 2.75) is 32.4 Å². The first-order valence-electron chi connectivity index (χ1n) is 8.28. The Morgan fingerprint density at radius 3 is 2.77 bits per heavy atom. The van der Waals surface area contributed by atoms with Gasteiger partial charge in [-0.25, -0.2) is 14.6 Å². The zero-order valence-corrected chi connectivity index (χ0v) is 17.0. The quantitative estimate of drug-likeness (QED) is 0.733. The number of halogens is 1. The minimum Gasteiger partial charge on any atom is -0.475 e. The van der Waals surface area contributed by atoms with E-state index in [0.717, 1.165) is 0 Å². The third-order valence-electron chi connectivity index (χ3n) is 3.54. The number of carbonyl (C=O) groups is 2. The second-order valence-corrected chi connectivity index (χ2v) is 7.72. The molecule has 1 aromatic rings. The van der Waals surface area contributed by atoms with Crippen LogP contribution in [0.4, 0.5) is 4.79 Å². The van der Waals surface area contributed by atoms with Gasteiger partial charge in [-0.3, -0.25) is 0 Å². The second-order valence-electron chi connectivity index (χ2n) is 6.86. The Kier molecular flexibility index (Phi) is 6.82. The smallest absolute Gasteiger partial charge is 0.410 e. The van der Waals surface area contributed by atoms with Crippen LogP contribution in [0.2, 0.25) is 0 Å². The van der Waals surface area contributed by atoms with Crippen LogP contribution in [0.1, 0.15) is 31.3 Å². The number of amides is 1. The summed E-state index contributed by atoms with van der Waals surface area (Å²) in [5, 5.41) is 3.30. The number of nitrogens with zero attached hydrogens (tertiary/aromatic N) is 2. The summed E-state index contributed by atoms with van der Waals surface area (Å²) < 4.78 is 16.4. The number of hydrogen-bond acceptors (Lipinski definition) is 7. The number of aromatic nitrogens is 1. The lowest BCUT2D eigenvalue weighted by Crippen LogP contribution is -2.55. The molecule has 1 atom stereocenters. The van der Waals surface area contributed by atoms with Gasteiger partial charge in [0.05, 0.1) is 17.6 Å². The Labute approximate surface area is 161 Å². The Hall–Kier alpha value is -1.87. The monoisotopic (exact) mass is 429 g/mol. The van der Waals surface area contributed by atoms with E-state index in [4.69, 9.17) is 9.47 Å². The number of nitrogens with one attached hydrogen (secondary N) is 1. The Morgan fingerprint density at radius 1 is 1.38 bits per heavy atom. The van der Waals surface area contributed by atoms with E-state index in [0.29, 0.717) is 30.0 Å². The lowest BCUT2D eigenvalue weighted by Gasteiger charge is -2.34. The molecule has 1 fully saturated rings. The SMILES string of the molecule is COC(=O)c1ccc(Br)c(OC[C@@H]2CN(C(=O)OC(C)(C)C)CCN2)n1. The van der Waals surface area contributed by atoms with Crippen molar-refractivity contribution in [1.29, 1.82) is 0 Å². The van der Waals surface area contributed by atoms with Crippen molar-refractivity contribution >= 4 is 28.0 Å². The van der Waals surface area contributed by atoms with Gasteiger partial charge in [0, 0.05) is 19.6 Å². The normalized spacial score (nSPS) is 17.6. The summed E-state index contributed by atoms with van der Waals surface area (Å²) in [4.78, 5) is 29.6. The lowest BCUT2D eigenvalue weighted by molar-refractivity contribution is 0.0177. The van der Waals surface area contributed by atoms with Crippen LogP contribution in [-0.2, 0) is 9.47 Å². The summed E-state index contributed by atoms with van der Waals surface area (Å²) in [5.74, 6) is -0.238. The molecule has 1 N–H and O–H groups in total. The molecule has 0 aromatic carbocycles. The van der Waals surface area contributed by atoms with Gasteiger partial charge in [-0.05, 0) is 48.8 Å². The average molecular weight is 430 g/mol. The Bertz CT molecular complexity index is 662. The highest BCUT2D eigenvalue weighted by Crippen LogP contribution is 2.23. The second kappa shape index (κ2) is 8.68. The average Bonchev–Trinajstić information content (AvgIpc) is 2.59. The van der Waals surface area contributed by atoms with E-state index in [-0.39, 0.29) is 24.4 Å². The molecule has 0 unspecified atom stereocenters. The van der Waals surface area contributed by atoms with Crippen molar-refractivity contribution in [2.24, 2.45) is 0 Å². The highest BCUT2D eigenvalue weighted by molar-refractivity contribution is 9.10. The van der Waals surface area contributed by atoms with E-state index >= 15 is 0 Å². The molecule has 0 radical (unpaired) electrons. The topological polar surface area (TPSA) is 90.0 Å². The number of rotatable bonds is 4. The number of esters is 1. The first-order chi connectivity index (χ1) is 12.2. The van der Waals surface area contributed by atoms with Crippen molar-refractivity contribution in [3.63, 3.8) is 0 Å². The van der Waals surface area contributed by atoms with Crippen LogP contribution in [0.25, 0.3) is 0 Å². The van der Waals surface area contributed by atoms with Crippen molar-refractivity contribution in [2.75, 3.05) is 33.4 Å². The molecule has 1 aliphatic heterocycles. The molecular formula is C17H24BrN3O5. The summed E-state index contributed by atoms with van der Waals surface area (Å²) >= 11 is 3.35. The number of ether oxygens (including phenoxy) is 3. The van der Waals surface area contributed by atoms with Crippen LogP contribution in [0.5, 0.6) is 5.88 Å². The van der Waals surface area contributed by atoms with Crippen LogP contribution in [-0.4, -0.2) is 66.9 Å². The fourth-order valence-corrected chi connectivity index (χ4v) is 2.69. The van der Waals surface area contributed by atoms with Crippen LogP contribution < -0.4 is 10.1 Å². The van der Waals surface area contributed by atoms with Gasteiger partial charge in [0.1, 0.15) is 12.2 Å². The predicted octanol–water partition coefficient (Wildman–Crippen LogP) is 2.22. The molecule has 0 saturated carbocycles. The van der Waals surface area contributed by atoms with Gasteiger partial charge >= 0.3 is 12.1 Å². The fourth-order valence-electron chi connectivity index (χ4n) is 2.35. The van der Waals surface area contributed by atoms with E-state index in [1.807, 2.05) is 20.8 Å². The molecule has 8 nitrogen and oxygen atoms in total. The first-order valence-corrected chi connectivity index (χ1v) is 9.08. The maximum atomic E-state index is 12.2. The molecule has 1 saturated heterocycles. The van der Waals surface area contributed by atoms with Gasteiger partial charge in [0.15, 0.2) is 5.69 Å². The molecule has 9 heteroatoms. The third kappa shape index (κ3) is 5.84. The molecule has 0 spiro atoms. The van der Waals surface area contributed by atoms with Crippen molar-refractivity contribution in [3.8, 4) is 5.88 Å². The van der Waals surface area contributed by atoms with Crippen LogP contribution in [0.3, 0.4) is 0 Å². The van der Waals surface area contributed by atoms with Gasteiger partial charge in [-0.15, -0.1) is 0 Å². The van der Waals surface area contributed by atoms with E-state index in [1.54, 1.807) is 17.0 Å². The van der Waals surface area contributed by atoms with Crippen LogP contribution in [0, 0.1) is 0 Å². The zero-order valence-electron chi connectivity index (χ0n) is 15.4. The van der Waals surface area contributed by atoms with E-state index in [9.17, 15) is 9.59 Å². The van der Waals surface area contributed by atoms with E-state index < -0.39 is 11.6 Å². The maximum Gasteiger partial charge on any atom is 0.410 e. The maximum absolute atomic E-state index is 12.2. The third-order valence-corrected chi connectivity index (χ3v) is 4.14. The number of hydrogen-bond donors (Lipinski definition) is 1. The van der Waals surface area contributed by atoms with Gasteiger partial charge in [0.25, 0.3) is 0 Å². The summed E-state index contributed by atoms with van der Waals surface area (Å²) in [6.07, 6.45) is -0.337. The summed E-state index contributed by atoms with van der Waals surface area (Å²) in [6, 6.07) is 3.15. The Morgan fingerprint density at radius 2 is 2.12 bits per heavy atom. The molecule has 2 rings (SSSR count). The summed E-state index contributed by atoms with van der Waals surface area (Å²) in [5.41, 5.74) is -0.366. The number of carbonyl (C=O) groups excluding carboxylic acids is 2.